The van der Waals surface area contributed by atoms with Gasteiger partial charge in [0.1, 0.15) is 5.76 Å². The molecule has 0 radical (unpaired) electrons. The number of hydrogen-bond acceptors (Lipinski definition) is 3. The Balaban J connectivity index is 1.85. The van der Waals surface area contributed by atoms with E-state index in [1.165, 1.54) is 6.42 Å². The van der Waals surface area contributed by atoms with Gasteiger partial charge in [0.2, 0.25) is 5.91 Å². The molecule has 2 N–H and O–H groups in total. The van der Waals surface area contributed by atoms with Gasteiger partial charge in [-0.1, -0.05) is 0 Å². The Morgan fingerprint density at radius 1 is 1.50 bits per heavy atom. The lowest BCUT2D eigenvalue weighted by atomic mass is 9.98. The molecule has 1 atom stereocenters. The molecule has 0 aliphatic carbocycles. The zero-order valence-corrected chi connectivity index (χ0v) is 10.8. The van der Waals surface area contributed by atoms with Crippen LogP contribution < -0.4 is 5.73 Å². The molecule has 1 fully saturated rings. The number of nitrogens with two attached hydrogens (primary N) is 1. The lowest BCUT2D eigenvalue weighted by Gasteiger charge is -2.35. The second kappa shape index (κ2) is 6.59. The van der Waals surface area contributed by atoms with Gasteiger partial charge in [-0.3, -0.25) is 4.79 Å². The third-order valence-electron chi connectivity index (χ3n) is 3.61. The van der Waals surface area contributed by atoms with Crippen molar-refractivity contribution in [2.24, 2.45) is 5.73 Å². The largest absolute Gasteiger partial charge is 0.469 e. The molecule has 1 aromatic heterocycles. The number of hydrogen-bond donors (Lipinski definition) is 1. The molecular formula is C14H22N2O2. The second-order valence-corrected chi connectivity index (χ2v) is 4.89. The van der Waals surface area contributed by atoms with Crippen molar-refractivity contribution >= 4 is 5.91 Å². The van der Waals surface area contributed by atoms with E-state index in [1.54, 1.807) is 6.26 Å². The van der Waals surface area contributed by atoms with Gasteiger partial charge >= 0.3 is 0 Å². The first-order valence-corrected chi connectivity index (χ1v) is 6.83. The summed E-state index contributed by atoms with van der Waals surface area (Å²) in [6.45, 7) is 1.55. The van der Waals surface area contributed by atoms with Gasteiger partial charge in [0.15, 0.2) is 0 Å². The van der Waals surface area contributed by atoms with Gasteiger partial charge in [-0.2, -0.15) is 0 Å². The minimum atomic E-state index is 0.240. The fourth-order valence-electron chi connectivity index (χ4n) is 2.65. The number of likely N-dealkylation sites (tertiary alicyclic amines) is 1. The Hall–Kier alpha value is -1.29. The lowest BCUT2D eigenvalue weighted by molar-refractivity contribution is -0.135. The molecule has 2 heterocycles. The number of carbonyl (C=O) groups is 1. The van der Waals surface area contributed by atoms with Crippen LogP contribution >= 0.6 is 0 Å². The number of amides is 1. The summed E-state index contributed by atoms with van der Waals surface area (Å²) in [5, 5.41) is 0. The minimum absolute atomic E-state index is 0.240. The topological polar surface area (TPSA) is 59.5 Å². The van der Waals surface area contributed by atoms with Crippen molar-refractivity contribution in [2.45, 2.75) is 44.6 Å². The SMILES string of the molecule is NCCC1CCCCN1C(=O)CCc1ccco1. The number of rotatable bonds is 5. The Morgan fingerprint density at radius 2 is 2.39 bits per heavy atom. The summed E-state index contributed by atoms with van der Waals surface area (Å²) in [5.74, 6) is 1.13. The molecule has 1 saturated heterocycles. The number of piperidine rings is 1. The third-order valence-corrected chi connectivity index (χ3v) is 3.61. The van der Waals surface area contributed by atoms with Crippen molar-refractivity contribution < 1.29 is 9.21 Å². The van der Waals surface area contributed by atoms with Crippen LogP contribution in [0.25, 0.3) is 0 Å². The van der Waals surface area contributed by atoms with Crippen LogP contribution in [0.3, 0.4) is 0 Å². The molecule has 0 aromatic carbocycles. The molecule has 0 bridgehead atoms. The second-order valence-electron chi connectivity index (χ2n) is 4.89. The highest BCUT2D eigenvalue weighted by atomic mass is 16.3. The zero-order valence-electron chi connectivity index (χ0n) is 10.8. The average Bonchev–Trinajstić information content (AvgIpc) is 2.90. The first-order chi connectivity index (χ1) is 8.81. The highest BCUT2D eigenvalue weighted by Gasteiger charge is 2.25. The maximum atomic E-state index is 12.2. The summed E-state index contributed by atoms with van der Waals surface area (Å²) in [6, 6.07) is 4.13. The van der Waals surface area contributed by atoms with Crippen LogP contribution in [-0.2, 0) is 11.2 Å². The molecule has 4 heteroatoms. The van der Waals surface area contributed by atoms with E-state index in [9.17, 15) is 4.79 Å². The molecule has 1 aliphatic heterocycles. The number of nitrogens with zero attached hydrogens (tertiary/aromatic N) is 1. The predicted molar refractivity (Wildman–Crippen MR) is 70.1 cm³/mol. The Kier molecular flexibility index (Phi) is 4.81. The molecule has 2 rings (SSSR count). The van der Waals surface area contributed by atoms with Crippen LogP contribution in [0.2, 0.25) is 0 Å². The van der Waals surface area contributed by atoms with E-state index in [2.05, 4.69) is 0 Å². The number of carbonyl (C=O) groups excluding carboxylic acids is 1. The quantitative estimate of drug-likeness (QED) is 0.868. The summed E-state index contributed by atoms with van der Waals surface area (Å²) < 4.78 is 5.25. The third kappa shape index (κ3) is 3.35. The van der Waals surface area contributed by atoms with Crippen molar-refractivity contribution in [2.75, 3.05) is 13.1 Å². The number of aryl methyl sites for hydroxylation is 1. The normalized spacial score (nSPS) is 20.1. The molecule has 1 aromatic rings. The van der Waals surface area contributed by atoms with Crippen LogP contribution in [0.1, 0.15) is 37.9 Å². The van der Waals surface area contributed by atoms with Gasteiger partial charge in [0, 0.05) is 25.4 Å². The summed E-state index contributed by atoms with van der Waals surface area (Å²) in [5.41, 5.74) is 5.62. The molecule has 0 spiro atoms. The first kappa shape index (κ1) is 13.1. The van der Waals surface area contributed by atoms with Crippen molar-refractivity contribution in [1.82, 2.24) is 4.90 Å². The Bertz CT molecular complexity index is 360. The molecule has 0 saturated carbocycles. The molecule has 100 valence electrons. The van der Waals surface area contributed by atoms with Gasteiger partial charge < -0.3 is 15.1 Å². The molecule has 18 heavy (non-hydrogen) atoms. The first-order valence-electron chi connectivity index (χ1n) is 6.83. The van der Waals surface area contributed by atoms with E-state index < -0.39 is 0 Å². The van der Waals surface area contributed by atoms with Crippen LogP contribution in [0, 0.1) is 0 Å². The summed E-state index contributed by atoms with van der Waals surface area (Å²) in [4.78, 5) is 14.2. The molecule has 1 aliphatic rings. The molecular weight excluding hydrogens is 228 g/mol. The van der Waals surface area contributed by atoms with E-state index in [4.69, 9.17) is 10.2 Å². The van der Waals surface area contributed by atoms with Crippen LogP contribution in [0.5, 0.6) is 0 Å². The molecule has 4 nitrogen and oxygen atoms in total. The highest BCUT2D eigenvalue weighted by Crippen LogP contribution is 2.20. The van der Waals surface area contributed by atoms with Gasteiger partial charge in [-0.15, -0.1) is 0 Å². The monoisotopic (exact) mass is 250 g/mol. The van der Waals surface area contributed by atoms with Crippen LogP contribution in [0.4, 0.5) is 0 Å². The zero-order chi connectivity index (χ0) is 12.8. The van der Waals surface area contributed by atoms with Crippen molar-refractivity contribution in [3.05, 3.63) is 24.2 Å². The summed E-state index contributed by atoms with van der Waals surface area (Å²) in [7, 11) is 0. The van der Waals surface area contributed by atoms with Crippen molar-refractivity contribution in [3.63, 3.8) is 0 Å². The predicted octanol–water partition coefficient (Wildman–Crippen LogP) is 1.94. The van der Waals surface area contributed by atoms with Crippen molar-refractivity contribution in [3.8, 4) is 0 Å². The van der Waals surface area contributed by atoms with E-state index in [-0.39, 0.29) is 5.91 Å². The van der Waals surface area contributed by atoms with Gasteiger partial charge in [0.05, 0.1) is 6.26 Å². The molecule has 1 unspecified atom stereocenters. The van der Waals surface area contributed by atoms with Gasteiger partial charge in [-0.05, 0) is 44.4 Å². The maximum absolute atomic E-state index is 12.2. The number of furan rings is 1. The molecule has 1 amide bonds. The fourth-order valence-corrected chi connectivity index (χ4v) is 2.65. The van der Waals surface area contributed by atoms with E-state index >= 15 is 0 Å². The lowest BCUT2D eigenvalue weighted by Crippen LogP contribution is -2.44. The standard InChI is InChI=1S/C14H22N2O2/c15-9-8-12-4-1-2-10-16(12)14(17)7-6-13-5-3-11-18-13/h3,5,11-12H,1-2,4,6-10,15H2. The van der Waals surface area contributed by atoms with E-state index in [0.717, 1.165) is 31.6 Å². The highest BCUT2D eigenvalue weighted by molar-refractivity contribution is 5.76. The van der Waals surface area contributed by atoms with E-state index in [0.29, 0.717) is 25.4 Å². The van der Waals surface area contributed by atoms with Gasteiger partial charge in [-0.25, -0.2) is 0 Å². The Labute approximate surface area is 108 Å². The van der Waals surface area contributed by atoms with Crippen LogP contribution in [-0.4, -0.2) is 29.9 Å². The smallest absolute Gasteiger partial charge is 0.223 e. The van der Waals surface area contributed by atoms with Gasteiger partial charge in [0.25, 0.3) is 0 Å². The van der Waals surface area contributed by atoms with Crippen LogP contribution in [0.15, 0.2) is 22.8 Å². The average molecular weight is 250 g/mol. The minimum Gasteiger partial charge on any atom is -0.469 e. The van der Waals surface area contributed by atoms with Crippen molar-refractivity contribution in [1.29, 1.82) is 0 Å². The summed E-state index contributed by atoms with van der Waals surface area (Å²) >= 11 is 0. The Morgan fingerprint density at radius 3 is 3.11 bits per heavy atom. The maximum Gasteiger partial charge on any atom is 0.223 e. The summed E-state index contributed by atoms with van der Waals surface area (Å²) in [6.07, 6.45) is 7.24. The van der Waals surface area contributed by atoms with E-state index in [1.807, 2.05) is 17.0 Å². The fraction of sp³-hybridized carbons (Fsp3) is 0.643.